The second kappa shape index (κ2) is 6.54. The van der Waals surface area contributed by atoms with Crippen LogP contribution in [0.1, 0.15) is 12.0 Å². The highest BCUT2D eigenvalue weighted by atomic mass is 16.5. The maximum absolute atomic E-state index is 11.9. The molecule has 1 heterocycles. The van der Waals surface area contributed by atoms with E-state index >= 15 is 0 Å². The van der Waals surface area contributed by atoms with Crippen molar-refractivity contribution in [3.63, 3.8) is 0 Å². The number of rotatable bonds is 5. The molecule has 0 radical (unpaired) electrons. The van der Waals surface area contributed by atoms with Crippen LogP contribution in [0.2, 0.25) is 0 Å². The quantitative estimate of drug-likeness (QED) is 0.808. The van der Waals surface area contributed by atoms with Crippen molar-refractivity contribution in [2.45, 2.75) is 25.2 Å². The van der Waals surface area contributed by atoms with Crippen LogP contribution < -0.4 is 10.1 Å². The van der Waals surface area contributed by atoms with Crippen molar-refractivity contribution in [3.8, 4) is 5.75 Å². The fourth-order valence-electron chi connectivity index (χ4n) is 2.08. The zero-order valence-corrected chi connectivity index (χ0v) is 11.2. The predicted octanol–water partition coefficient (Wildman–Crippen LogP) is 1.12. The first-order valence-corrected chi connectivity index (χ1v) is 6.28. The molecule has 1 N–H and O–H groups in total. The van der Waals surface area contributed by atoms with Crippen LogP contribution in [-0.2, 0) is 20.9 Å². The molecule has 1 aromatic carbocycles. The maximum atomic E-state index is 11.9. The molecule has 0 spiro atoms. The monoisotopic (exact) mass is 265 g/mol. The van der Waals surface area contributed by atoms with Crippen LogP contribution in [0.15, 0.2) is 24.3 Å². The lowest BCUT2D eigenvalue weighted by Crippen LogP contribution is -2.32. The minimum atomic E-state index is -0.268. The van der Waals surface area contributed by atoms with Gasteiger partial charge in [-0.15, -0.1) is 0 Å². The Morgan fingerprint density at radius 2 is 2.26 bits per heavy atom. The van der Waals surface area contributed by atoms with Gasteiger partial charge in [0.2, 0.25) is 0 Å². The van der Waals surface area contributed by atoms with E-state index in [9.17, 15) is 4.79 Å². The number of nitrogens with one attached hydrogen (secondary N) is 1. The first-order valence-electron chi connectivity index (χ1n) is 6.28. The van der Waals surface area contributed by atoms with Crippen LogP contribution in [-0.4, -0.2) is 38.9 Å². The molecule has 5 heteroatoms. The van der Waals surface area contributed by atoms with E-state index in [2.05, 4.69) is 5.32 Å². The van der Waals surface area contributed by atoms with E-state index in [1.807, 2.05) is 24.3 Å². The van der Waals surface area contributed by atoms with Gasteiger partial charge < -0.3 is 19.5 Å². The van der Waals surface area contributed by atoms with E-state index in [1.54, 1.807) is 14.2 Å². The molecule has 0 saturated carbocycles. The lowest BCUT2D eigenvalue weighted by Gasteiger charge is -2.11. The third-order valence-electron chi connectivity index (χ3n) is 3.22. The molecule has 2 atom stereocenters. The largest absolute Gasteiger partial charge is 0.497 e. The van der Waals surface area contributed by atoms with E-state index in [0.717, 1.165) is 11.3 Å². The standard InChI is InChI=1S/C14H19NO4/c1-17-11-5-3-4-10(6-11)9-19-14(16)13-7-12(18-2)8-15-13/h3-6,12-13,15H,7-9H2,1-2H3. The molecule has 0 bridgehead atoms. The van der Waals surface area contributed by atoms with Gasteiger partial charge in [0.05, 0.1) is 13.2 Å². The first-order chi connectivity index (χ1) is 9.22. The van der Waals surface area contributed by atoms with E-state index in [-0.39, 0.29) is 24.7 Å². The third-order valence-corrected chi connectivity index (χ3v) is 3.22. The SMILES string of the molecule is COc1cccc(COC(=O)C2CC(OC)CN2)c1. The van der Waals surface area contributed by atoms with Gasteiger partial charge in [-0.3, -0.25) is 4.79 Å². The number of carbonyl (C=O) groups is 1. The van der Waals surface area contributed by atoms with Crippen molar-refractivity contribution < 1.29 is 19.0 Å². The van der Waals surface area contributed by atoms with Crippen LogP contribution in [0.3, 0.4) is 0 Å². The van der Waals surface area contributed by atoms with Gasteiger partial charge in [-0.1, -0.05) is 12.1 Å². The van der Waals surface area contributed by atoms with Crippen LogP contribution >= 0.6 is 0 Å². The van der Waals surface area contributed by atoms with Gasteiger partial charge >= 0.3 is 5.97 Å². The molecular weight excluding hydrogens is 246 g/mol. The van der Waals surface area contributed by atoms with Gasteiger partial charge in [-0.2, -0.15) is 0 Å². The Hall–Kier alpha value is -1.59. The average molecular weight is 265 g/mol. The number of esters is 1. The first kappa shape index (κ1) is 13.8. The predicted molar refractivity (Wildman–Crippen MR) is 70.0 cm³/mol. The minimum absolute atomic E-state index is 0.0920. The topological polar surface area (TPSA) is 56.8 Å². The Morgan fingerprint density at radius 3 is 2.95 bits per heavy atom. The maximum Gasteiger partial charge on any atom is 0.323 e. The molecule has 2 rings (SSSR count). The molecule has 0 aliphatic carbocycles. The second-order valence-electron chi connectivity index (χ2n) is 4.51. The highest BCUT2D eigenvalue weighted by molar-refractivity contribution is 5.76. The summed E-state index contributed by atoms with van der Waals surface area (Å²) in [6.07, 6.45) is 0.752. The van der Waals surface area contributed by atoms with Gasteiger partial charge in [-0.05, 0) is 17.7 Å². The van der Waals surface area contributed by atoms with Gasteiger partial charge in [0.1, 0.15) is 18.4 Å². The molecule has 104 valence electrons. The fourth-order valence-corrected chi connectivity index (χ4v) is 2.08. The molecule has 1 aliphatic heterocycles. The van der Waals surface area contributed by atoms with E-state index in [0.29, 0.717) is 13.0 Å². The Balaban J connectivity index is 1.83. The summed E-state index contributed by atoms with van der Waals surface area (Å²) in [4.78, 5) is 11.9. The van der Waals surface area contributed by atoms with Crippen LogP contribution in [0.5, 0.6) is 5.75 Å². The summed E-state index contributed by atoms with van der Waals surface area (Å²) in [7, 11) is 3.26. The Kier molecular flexibility index (Phi) is 4.76. The number of carbonyl (C=O) groups excluding carboxylic acids is 1. The fraction of sp³-hybridized carbons (Fsp3) is 0.500. The number of benzene rings is 1. The molecular formula is C14H19NO4. The molecule has 0 amide bonds. The Morgan fingerprint density at radius 1 is 1.42 bits per heavy atom. The van der Waals surface area contributed by atoms with E-state index < -0.39 is 0 Å². The van der Waals surface area contributed by atoms with Crippen LogP contribution in [0.4, 0.5) is 0 Å². The van der Waals surface area contributed by atoms with Crippen molar-refractivity contribution in [1.29, 1.82) is 0 Å². The van der Waals surface area contributed by atoms with Gasteiger partial charge in [0.25, 0.3) is 0 Å². The minimum Gasteiger partial charge on any atom is -0.497 e. The molecule has 0 aromatic heterocycles. The molecule has 19 heavy (non-hydrogen) atoms. The summed E-state index contributed by atoms with van der Waals surface area (Å²) in [5, 5.41) is 3.09. The van der Waals surface area contributed by atoms with Crippen molar-refractivity contribution in [2.75, 3.05) is 20.8 Å². The van der Waals surface area contributed by atoms with Crippen molar-refractivity contribution >= 4 is 5.97 Å². The number of ether oxygens (including phenoxy) is 3. The van der Waals surface area contributed by atoms with Gasteiger partial charge in [0.15, 0.2) is 0 Å². The van der Waals surface area contributed by atoms with Crippen LogP contribution in [0, 0.1) is 0 Å². The summed E-state index contributed by atoms with van der Waals surface area (Å²) < 4.78 is 15.6. The Labute approximate surface area is 112 Å². The van der Waals surface area contributed by atoms with E-state index in [1.165, 1.54) is 0 Å². The summed E-state index contributed by atoms with van der Waals surface area (Å²) in [6, 6.07) is 7.21. The molecule has 1 saturated heterocycles. The second-order valence-corrected chi connectivity index (χ2v) is 4.51. The normalized spacial score (nSPS) is 22.2. The number of methoxy groups -OCH3 is 2. The summed E-state index contributed by atoms with van der Waals surface area (Å²) in [5.74, 6) is 0.523. The average Bonchev–Trinajstić information content (AvgIpc) is 2.94. The number of hydrogen-bond acceptors (Lipinski definition) is 5. The van der Waals surface area contributed by atoms with Gasteiger partial charge in [0, 0.05) is 20.1 Å². The molecule has 1 aromatic rings. The van der Waals surface area contributed by atoms with Gasteiger partial charge in [-0.25, -0.2) is 0 Å². The molecule has 1 aliphatic rings. The van der Waals surface area contributed by atoms with E-state index in [4.69, 9.17) is 14.2 Å². The van der Waals surface area contributed by atoms with Crippen LogP contribution in [0.25, 0.3) is 0 Å². The molecule has 5 nitrogen and oxygen atoms in total. The van der Waals surface area contributed by atoms with Crippen molar-refractivity contribution in [3.05, 3.63) is 29.8 Å². The lowest BCUT2D eigenvalue weighted by molar-refractivity contribution is -0.147. The zero-order chi connectivity index (χ0) is 13.7. The highest BCUT2D eigenvalue weighted by Crippen LogP contribution is 2.15. The summed E-state index contributed by atoms with van der Waals surface area (Å²) >= 11 is 0. The Bertz CT molecular complexity index is 435. The molecule has 1 fully saturated rings. The zero-order valence-electron chi connectivity index (χ0n) is 11.2. The summed E-state index contributed by atoms with van der Waals surface area (Å²) in [5.41, 5.74) is 0.911. The highest BCUT2D eigenvalue weighted by Gasteiger charge is 2.30. The lowest BCUT2D eigenvalue weighted by atomic mass is 10.2. The smallest absolute Gasteiger partial charge is 0.323 e. The van der Waals surface area contributed by atoms with Crippen molar-refractivity contribution in [1.82, 2.24) is 5.32 Å². The number of hydrogen-bond donors (Lipinski definition) is 1. The molecule has 2 unspecified atom stereocenters. The third kappa shape index (κ3) is 3.68. The van der Waals surface area contributed by atoms with Crippen molar-refractivity contribution in [2.24, 2.45) is 0 Å². The summed E-state index contributed by atoms with van der Waals surface area (Å²) in [6.45, 7) is 0.946.